The second-order valence-corrected chi connectivity index (χ2v) is 15.0. The number of carboxylic acid groups (broad SMARTS) is 2. The van der Waals surface area contributed by atoms with E-state index < -0.39 is 11.9 Å². The monoisotopic (exact) mass is 747 g/mol. The molecule has 0 heterocycles. The summed E-state index contributed by atoms with van der Waals surface area (Å²) < 4.78 is 0. The number of hydrogen-bond acceptors (Lipinski definition) is 2. The van der Waals surface area contributed by atoms with Gasteiger partial charge < -0.3 is 14.5 Å². The molecule has 0 saturated carbocycles. The molecule has 4 nitrogen and oxygen atoms in total. The van der Waals surface area contributed by atoms with Crippen LogP contribution in [0.25, 0.3) is 0 Å². The van der Waals surface area contributed by atoms with Crippen LogP contribution in [0, 0.1) is 0 Å². The van der Waals surface area contributed by atoms with Gasteiger partial charge in [-0.15, -0.1) is 0 Å². The fraction of sp³-hybridized carbons (Fsp3) is 0.955. The van der Waals surface area contributed by atoms with E-state index in [0.29, 0.717) is 12.8 Å². The SMILES string of the molecule is CCCCCCCCCCCCCCCCCCCCCC(=O)O.CCCCCCCCCCCCCCCCCCCCCC(=O)O.[Ca+2].[H-].[H-].[H-].[Na+]. The Bertz CT molecular complexity index is 583. The van der Waals surface area contributed by atoms with Crippen molar-refractivity contribution >= 4 is 49.7 Å². The summed E-state index contributed by atoms with van der Waals surface area (Å²) in [6.07, 6.45) is 52.2. The van der Waals surface area contributed by atoms with Crippen LogP contribution in [-0.2, 0) is 9.59 Å². The Morgan fingerprint density at radius 3 is 0.540 bits per heavy atom. The largest absolute Gasteiger partial charge is 2.00 e. The summed E-state index contributed by atoms with van der Waals surface area (Å²) >= 11 is 0. The molecule has 0 amide bonds. The van der Waals surface area contributed by atoms with Crippen molar-refractivity contribution in [3.8, 4) is 0 Å². The Morgan fingerprint density at radius 1 is 0.300 bits per heavy atom. The van der Waals surface area contributed by atoms with Crippen LogP contribution in [0.15, 0.2) is 0 Å². The number of carbonyl (C=O) groups is 2. The summed E-state index contributed by atoms with van der Waals surface area (Å²) in [5.74, 6) is -1.30. The van der Waals surface area contributed by atoms with Crippen molar-refractivity contribution in [2.75, 3.05) is 0 Å². The summed E-state index contributed by atoms with van der Waals surface area (Å²) in [6, 6.07) is 0. The maximum atomic E-state index is 10.4. The van der Waals surface area contributed by atoms with Crippen LogP contribution in [0.2, 0.25) is 0 Å². The van der Waals surface area contributed by atoms with Gasteiger partial charge in [-0.25, -0.2) is 0 Å². The normalized spacial score (nSPS) is 10.6. The molecule has 0 aromatic carbocycles. The maximum absolute atomic E-state index is 10.4. The van der Waals surface area contributed by atoms with Crippen LogP contribution < -0.4 is 29.6 Å². The molecule has 0 fully saturated rings. The quantitative estimate of drug-likeness (QED) is 0.0484. The standard InChI is InChI=1S/2C22H44O2.Ca.Na.3H/c2*1-2-3-4-5-6-7-8-9-10-11-12-13-14-15-16-17-18-19-20-21-22(23)24;;;;;/h2*2-21H2,1H3,(H,23,24);;;;;/q;;+2;+1;3*-1. The molecule has 0 aromatic rings. The average molecular weight is 747 g/mol. The van der Waals surface area contributed by atoms with Gasteiger partial charge in [-0.1, -0.05) is 245 Å². The van der Waals surface area contributed by atoms with Crippen molar-refractivity contribution < 1.29 is 53.6 Å². The fourth-order valence-electron chi connectivity index (χ4n) is 6.71. The van der Waals surface area contributed by atoms with Crippen LogP contribution in [0.1, 0.15) is 275 Å². The molecule has 6 heteroatoms. The molecule has 0 bridgehead atoms. The summed E-state index contributed by atoms with van der Waals surface area (Å²) in [7, 11) is 0. The molecule has 294 valence electrons. The van der Waals surface area contributed by atoms with E-state index in [-0.39, 0.29) is 71.6 Å². The van der Waals surface area contributed by atoms with E-state index in [4.69, 9.17) is 10.2 Å². The molecule has 50 heavy (non-hydrogen) atoms. The molecular formula is C44H91CaNaO4. The van der Waals surface area contributed by atoms with Crippen molar-refractivity contribution in [1.29, 1.82) is 0 Å². The van der Waals surface area contributed by atoms with Crippen LogP contribution in [0.3, 0.4) is 0 Å². The third kappa shape index (κ3) is 61.2. The third-order valence-corrected chi connectivity index (χ3v) is 9.99. The van der Waals surface area contributed by atoms with E-state index in [1.54, 1.807) is 0 Å². The molecule has 0 radical (unpaired) electrons. The number of unbranched alkanes of at least 4 members (excludes halogenated alkanes) is 36. The molecule has 0 rings (SSSR count). The summed E-state index contributed by atoms with van der Waals surface area (Å²) in [6.45, 7) is 4.57. The average Bonchev–Trinajstić information content (AvgIpc) is 3.07. The number of aliphatic carboxylic acids is 2. The van der Waals surface area contributed by atoms with E-state index in [9.17, 15) is 9.59 Å². The first-order valence-electron chi connectivity index (χ1n) is 22.0. The van der Waals surface area contributed by atoms with Crippen molar-refractivity contribution in [2.45, 2.75) is 271 Å². The molecule has 0 aliphatic carbocycles. The van der Waals surface area contributed by atoms with Gasteiger partial charge >= 0.3 is 79.2 Å². The molecule has 0 aromatic heterocycles. The van der Waals surface area contributed by atoms with Gasteiger partial charge in [0.2, 0.25) is 0 Å². The van der Waals surface area contributed by atoms with E-state index >= 15 is 0 Å². The fourth-order valence-corrected chi connectivity index (χ4v) is 6.71. The van der Waals surface area contributed by atoms with E-state index in [2.05, 4.69) is 13.8 Å². The number of hydrogen-bond donors (Lipinski definition) is 2. The zero-order valence-electron chi connectivity index (χ0n) is 37.7. The Balaban J connectivity index is -0.000000146. The van der Waals surface area contributed by atoms with E-state index in [1.807, 2.05) is 0 Å². The first-order valence-corrected chi connectivity index (χ1v) is 22.0. The predicted molar refractivity (Wildman–Crippen MR) is 220 cm³/mol. The number of rotatable bonds is 40. The van der Waals surface area contributed by atoms with Gasteiger partial charge in [0.05, 0.1) is 0 Å². The first kappa shape index (κ1) is 57.9. The van der Waals surface area contributed by atoms with E-state index in [1.165, 1.54) is 218 Å². The van der Waals surface area contributed by atoms with Crippen LogP contribution in [-0.4, -0.2) is 59.9 Å². The van der Waals surface area contributed by atoms with Gasteiger partial charge in [-0.3, -0.25) is 9.59 Å². The maximum Gasteiger partial charge on any atom is 2.00 e. The Morgan fingerprint density at radius 2 is 0.420 bits per heavy atom. The van der Waals surface area contributed by atoms with Gasteiger partial charge in [0, 0.05) is 12.8 Å². The summed E-state index contributed by atoms with van der Waals surface area (Å²) in [5.41, 5.74) is 0. The van der Waals surface area contributed by atoms with E-state index in [0.717, 1.165) is 25.7 Å². The first-order chi connectivity index (χ1) is 23.5. The van der Waals surface area contributed by atoms with Crippen LogP contribution in [0.4, 0.5) is 0 Å². The van der Waals surface area contributed by atoms with Crippen molar-refractivity contribution in [1.82, 2.24) is 0 Å². The van der Waals surface area contributed by atoms with Crippen molar-refractivity contribution in [3.05, 3.63) is 0 Å². The molecule has 0 spiro atoms. The summed E-state index contributed by atoms with van der Waals surface area (Å²) in [4.78, 5) is 20.8. The van der Waals surface area contributed by atoms with Crippen LogP contribution in [0.5, 0.6) is 0 Å². The molecule has 0 saturated heterocycles. The van der Waals surface area contributed by atoms with Gasteiger partial charge in [0.15, 0.2) is 0 Å². The van der Waals surface area contributed by atoms with Gasteiger partial charge in [-0.05, 0) is 12.8 Å². The zero-order chi connectivity index (χ0) is 35.4. The Kier molecular flexibility index (Phi) is 63.2. The molecule has 0 atom stereocenters. The van der Waals surface area contributed by atoms with Gasteiger partial charge in [0.1, 0.15) is 0 Å². The van der Waals surface area contributed by atoms with Crippen molar-refractivity contribution in [3.63, 3.8) is 0 Å². The Hall–Kier alpha value is 1.20. The molecule has 0 aliphatic heterocycles. The summed E-state index contributed by atoms with van der Waals surface area (Å²) in [5, 5.41) is 17.1. The third-order valence-electron chi connectivity index (χ3n) is 9.99. The van der Waals surface area contributed by atoms with Gasteiger partial charge in [0.25, 0.3) is 0 Å². The molecule has 0 unspecified atom stereocenters. The second-order valence-electron chi connectivity index (χ2n) is 15.0. The Labute approximate surface area is 370 Å². The molecular weight excluding hydrogens is 656 g/mol. The second kappa shape index (κ2) is 54.5. The predicted octanol–water partition coefficient (Wildman–Crippen LogP) is 12.7. The number of carboxylic acids is 2. The minimum absolute atomic E-state index is 0. The smallest absolute Gasteiger partial charge is 1.00 e. The minimum atomic E-state index is -0.651. The topological polar surface area (TPSA) is 74.6 Å². The molecule has 2 N–H and O–H groups in total. The van der Waals surface area contributed by atoms with Gasteiger partial charge in [-0.2, -0.15) is 0 Å². The molecule has 0 aliphatic rings. The van der Waals surface area contributed by atoms with Crippen molar-refractivity contribution in [2.24, 2.45) is 0 Å². The zero-order valence-corrected chi connectivity index (χ0v) is 38.9. The van der Waals surface area contributed by atoms with Crippen LogP contribution >= 0.6 is 0 Å². The minimum Gasteiger partial charge on any atom is -1.00 e.